The summed E-state index contributed by atoms with van der Waals surface area (Å²) in [7, 11) is 0. The van der Waals surface area contributed by atoms with Crippen LogP contribution in [-0.2, 0) is 4.79 Å². The Morgan fingerprint density at radius 3 is 2.74 bits per heavy atom. The van der Waals surface area contributed by atoms with Crippen molar-refractivity contribution in [3.05, 3.63) is 42.2 Å². The fourth-order valence-corrected chi connectivity index (χ4v) is 2.79. The predicted molar refractivity (Wildman–Crippen MR) is 84.0 cm³/mol. The second-order valence-electron chi connectivity index (χ2n) is 5.86. The standard InChI is InChI=1S/C16H19N5O2/c1-11(2)14-15(22)17-8-9-20(14)16(23)13-10-21(19-18-13)12-6-4-3-5-7-12/h3-7,10-11,14H,8-9H2,1-2H3,(H,17,22). The first-order valence-electron chi connectivity index (χ1n) is 7.64. The number of carbonyl (C=O) groups is 2. The molecule has 1 aliphatic heterocycles. The molecule has 0 aliphatic carbocycles. The van der Waals surface area contributed by atoms with Crippen LogP contribution in [0.25, 0.3) is 5.69 Å². The molecule has 1 aromatic heterocycles. The van der Waals surface area contributed by atoms with Crippen molar-refractivity contribution >= 4 is 11.8 Å². The number of aromatic nitrogens is 3. The highest BCUT2D eigenvalue weighted by atomic mass is 16.2. The van der Waals surface area contributed by atoms with Crippen molar-refractivity contribution in [3.63, 3.8) is 0 Å². The molecule has 2 aromatic rings. The maximum absolute atomic E-state index is 12.7. The first-order valence-corrected chi connectivity index (χ1v) is 7.64. The summed E-state index contributed by atoms with van der Waals surface area (Å²) in [6, 6.07) is 8.98. The maximum Gasteiger partial charge on any atom is 0.276 e. The molecule has 2 heterocycles. The number of amides is 2. The molecule has 7 heteroatoms. The summed E-state index contributed by atoms with van der Waals surface area (Å²) in [5.74, 6) is -0.348. The zero-order chi connectivity index (χ0) is 16.4. The molecule has 1 unspecified atom stereocenters. The number of nitrogens with zero attached hydrogens (tertiary/aromatic N) is 4. The van der Waals surface area contributed by atoms with Crippen molar-refractivity contribution in [1.29, 1.82) is 0 Å². The van der Waals surface area contributed by atoms with Gasteiger partial charge in [0.05, 0.1) is 11.9 Å². The van der Waals surface area contributed by atoms with Gasteiger partial charge < -0.3 is 10.2 Å². The molecule has 2 amide bonds. The zero-order valence-electron chi connectivity index (χ0n) is 13.1. The minimum atomic E-state index is -0.474. The molecular weight excluding hydrogens is 294 g/mol. The Balaban J connectivity index is 1.85. The molecule has 23 heavy (non-hydrogen) atoms. The number of hydrogen-bond donors (Lipinski definition) is 1. The van der Waals surface area contributed by atoms with E-state index in [2.05, 4.69) is 15.6 Å². The van der Waals surface area contributed by atoms with E-state index in [-0.39, 0.29) is 23.4 Å². The lowest BCUT2D eigenvalue weighted by Gasteiger charge is -2.36. The van der Waals surface area contributed by atoms with Gasteiger partial charge in [-0.1, -0.05) is 37.3 Å². The van der Waals surface area contributed by atoms with E-state index in [4.69, 9.17) is 0 Å². The Bertz CT molecular complexity index is 710. The lowest BCUT2D eigenvalue weighted by molar-refractivity contribution is -0.129. The van der Waals surface area contributed by atoms with Crippen molar-refractivity contribution in [2.45, 2.75) is 19.9 Å². The highest BCUT2D eigenvalue weighted by Gasteiger charge is 2.36. The molecular formula is C16H19N5O2. The summed E-state index contributed by atoms with van der Waals surface area (Å²) in [4.78, 5) is 26.4. The molecule has 1 aromatic carbocycles. The molecule has 7 nitrogen and oxygen atoms in total. The van der Waals surface area contributed by atoms with E-state index in [0.717, 1.165) is 5.69 Å². The highest BCUT2D eigenvalue weighted by Crippen LogP contribution is 2.17. The second-order valence-corrected chi connectivity index (χ2v) is 5.86. The van der Waals surface area contributed by atoms with E-state index >= 15 is 0 Å². The van der Waals surface area contributed by atoms with E-state index in [9.17, 15) is 9.59 Å². The van der Waals surface area contributed by atoms with Crippen LogP contribution in [0.4, 0.5) is 0 Å². The molecule has 0 saturated carbocycles. The van der Waals surface area contributed by atoms with Crippen LogP contribution >= 0.6 is 0 Å². The van der Waals surface area contributed by atoms with Crippen LogP contribution in [0.1, 0.15) is 24.3 Å². The fourth-order valence-electron chi connectivity index (χ4n) is 2.79. The van der Waals surface area contributed by atoms with Gasteiger partial charge in [0.25, 0.3) is 5.91 Å². The van der Waals surface area contributed by atoms with Gasteiger partial charge in [-0.3, -0.25) is 9.59 Å². The minimum absolute atomic E-state index is 0.0309. The van der Waals surface area contributed by atoms with Crippen molar-refractivity contribution in [3.8, 4) is 5.69 Å². The molecule has 0 radical (unpaired) electrons. The third kappa shape index (κ3) is 2.94. The van der Waals surface area contributed by atoms with Crippen LogP contribution in [-0.4, -0.2) is 50.8 Å². The van der Waals surface area contributed by atoms with Crippen LogP contribution in [0.2, 0.25) is 0 Å². The Morgan fingerprint density at radius 2 is 2.04 bits per heavy atom. The number of para-hydroxylation sites is 1. The van der Waals surface area contributed by atoms with Gasteiger partial charge in [0, 0.05) is 13.1 Å². The molecule has 1 fully saturated rings. The summed E-state index contributed by atoms with van der Waals surface area (Å²) >= 11 is 0. The molecule has 0 spiro atoms. The minimum Gasteiger partial charge on any atom is -0.353 e. The van der Waals surface area contributed by atoms with E-state index in [0.29, 0.717) is 13.1 Å². The monoisotopic (exact) mass is 313 g/mol. The number of benzene rings is 1. The molecule has 1 N–H and O–H groups in total. The summed E-state index contributed by atoms with van der Waals surface area (Å²) in [6.07, 6.45) is 1.60. The van der Waals surface area contributed by atoms with E-state index in [1.54, 1.807) is 15.8 Å². The number of piperazine rings is 1. The molecule has 1 aliphatic rings. The Morgan fingerprint density at radius 1 is 1.30 bits per heavy atom. The number of rotatable bonds is 3. The number of carbonyl (C=O) groups excluding carboxylic acids is 2. The number of nitrogens with one attached hydrogen (secondary N) is 1. The van der Waals surface area contributed by atoms with Crippen molar-refractivity contribution in [2.75, 3.05) is 13.1 Å². The van der Waals surface area contributed by atoms with Gasteiger partial charge >= 0.3 is 0 Å². The second kappa shape index (κ2) is 6.20. The summed E-state index contributed by atoms with van der Waals surface area (Å²) in [5, 5.41) is 10.8. The average Bonchev–Trinajstić information content (AvgIpc) is 3.04. The van der Waals surface area contributed by atoms with Gasteiger partial charge in [0.2, 0.25) is 5.91 Å². The van der Waals surface area contributed by atoms with Gasteiger partial charge in [-0.2, -0.15) is 0 Å². The van der Waals surface area contributed by atoms with Crippen molar-refractivity contribution in [1.82, 2.24) is 25.2 Å². The summed E-state index contributed by atoms with van der Waals surface area (Å²) in [6.45, 7) is 4.79. The van der Waals surface area contributed by atoms with Gasteiger partial charge in [-0.05, 0) is 18.1 Å². The number of hydrogen-bond acceptors (Lipinski definition) is 4. The SMILES string of the molecule is CC(C)C1C(=O)NCCN1C(=O)c1cn(-c2ccccc2)nn1. The predicted octanol–water partition coefficient (Wildman–Crippen LogP) is 0.864. The average molecular weight is 313 g/mol. The first-order chi connectivity index (χ1) is 11.1. The lowest BCUT2D eigenvalue weighted by atomic mass is 9.99. The van der Waals surface area contributed by atoms with Gasteiger partial charge in [0.1, 0.15) is 6.04 Å². The Kier molecular flexibility index (Phi) is 4.10. The van der Waals surface area contributed by atoms with Gasteiger partial charge in [-0.25, -0.2) is 4.68 Å². The largest absolute Gasteiger partial charge is 0.353 e. The van der Waals surface area contributed by atoms with Crippen LogP contribution in [0.3, 0.4) is 0 Å². The lowest BCUT2D eigenvalue weighted by Crippen LogP contribution is -2.59. The normalized spacial score (nSPS) is 18.1. The summed E-state index contributed by atoms with van der Waals surface area (Å²) in [5.41, 5.74) is 1.07. The van der Waals surface area contributed by atoms with Gasteiger partial charge in [0.15, 0.2) is 5.69 Å². The molecule has 0 bridgehead atoms. The van der Waals surface area contributed by atoms with Crippen LogP contribution in [0.5, 0.6) is 0 Å². The van der Waals surface area contributed by atoms with Crippen LogP contribution in [0.15, 0.2) is 36.5 Å². The highest BCUT2D eigenvalue weighted by molar-refractivity contribution is 5.96. The fraction of sp³-hybridized carbons (Fsp3) is 0.375. The van der Waals surface area contributed by atoms with E-state index < -0.39 is 6.04 Å². The molecule has 120 valence electrons. The van der Waals surface area contributed by atoms with E-state index in [1.165, 1.54) is 0 Å². The third-order valence-electron chi connectivity index (χ3n) is 3.88. The third-order valence-corrected chi connectivity index (χ3v) is 3.88. The maximum atomic E-state index is 12.7. The Hall–Kier alpha value is -2.70. The van der Waals surface area contributed by atoms with E-state index in [1.807, 2.05) is 44.2 Å². The Labute approximate surface area is 134 Å². The molecule has 1 saturated heterocycles. The molecule has 1 atom stereocenters. The van der Waals surface area contributed by atoms with Crippen LogP contribution in [0, 0.1) is 5.92 Å². The van der Waals surface area contributed by atoms with Crippen LogP contribution < -0.4 is 5.32 Å². The quantitative estimate of drug-likeness (QED) is 0.911. The topological polar surface area (TPSA) is 80.1 Å². The van der Waals surface area contributed by atoms with Crippen molar-refractivity contribution < 1.29 is 9.59 Å². The first kappa shape index (κ1) is 15.2. The molecule has 3 rings (SSSR count). The smallest absolute Gasteiger partial charge is 0.276 e. The van der Waals surface area contributed by atoms with Crippen molar-refractivity contribution in [2.24, 2.45) is 5.92 Å². The summed E-state index contributed by atoms with van der Waals surface area (Å²) < 4.78 is 1.56. The van der Waals surface area contributed by atoms with Gasteiger partial charge in [-0.15, -0.1) is 5.10 Å². The zero-order valence-corrected chi connectivity index (χ0v) is 13.1.